The zero-order chi connectivity index (χ0) is 13.1. The summed E-state index contributed by atoms with van der Waals surface area (Å²) >= 11 is 3.61. The molecule has 0 aliphatic carbocycles. The summed E-state index contributed by atoms with van der Waals surface area (Å²) in [5, 5.41) is 0. The lowest BCUT2D eigenvalue weighted by Gasteiger charge is -2.04. The van der Waals surface area contributed by atoms with Crippen LogP contribution in [0.3, 0.4) is 0 Å². The molecule has 0 aliphatic heterocycles. The predicted molar refractivity (Wildman–Crippen MR) is 84.0 cm³/mol. The van der Waals surface area contributed by atoms with Gasteiger partial charge >= 0.3 is 0 Å². The van der Waals surface area contributed by atoms with Gasteiger partial charge in [0, 0.05) is 33.5 Å². The highest BCUT2D eigenvalue weighted by Gasteiger charge is 2.00. The average Bonchev–Trinajstić information content (AvgIpc) is 3.04. The summed E-state index contributed by atoms with van der Waals surface area (Å²) in [7, 11) is 0. The van der Waals surface area contributed by atoms with Gasteiger partial charge < -0.3 is 0 Å². The first-order valence-electron chi connectivity index (χ1n) is 6.25. The molecule has 1 aromatic carbocycles. The maximum absolute atomic E-state index is 2.22. The van der Waals surface area contributed by atoms with E-state index in [9.17, 15) is 0 Å². The third-order valence-electron chi connectivity index (χ3n) is 2.89. The van der Waals surface area contributed by atoms with E-state index >= 15 is 0 Å². The quantitative estimate of drug-likeness (QED) is 0.652. The van der Waals surface area contributed by atoms with Crippen molar-refractivity contribution in [2.45, 2.75) is 18.2 Å². The van der Waals surface area contributed by atoms with E-state index in [1.165, 1.54) is 20.2 Å². The summed E-state index contributed by atoms with van der Waals surface area (Å²) in [6.45, 7) is 2.16. The molecule has 96 valence electrons. The fraction of sp³-hybridized carbons (Fsp3) is 0.125. The van der Waals surface area contributed by atoms with Crippen molar-refractivity contribution < 1.29 is 0 Å². The molecule has 0 amide bonds. The van der Waals surface area contributed by atoms with Crippen molar-refractivity contribution >= 4 is 23.3 Å². The molecule has 0 aliphatic rings. The summed E-state index contributed by atoms with van der Waals surface area (Å²) in [4.78, 5) is 4.08. The topological polar surface area (TPSA) is 4.93 Å². The minimum Gasteiger partial charge on any atom is -0.295 e. The number of benzene rings is 1. The Kier molecular flexibility index (Phi) is 3.76. The normalized spacial score (nSPS) is 10.8. The van der Waals surface area contributed by atoms with Gasteiger partial charge in [-0.1, -0.05) is 12.1 Å². The summed E-state index contributed by atoms with van der Waals surface area (Å²) in [5.41, 5.74) is 1.37. The van der Waals surface area contributed by atoms with E-state index in [0.717, 1.165) is 6.42 Å². The second-order valence-electron chi connectivity index (χ2n) is 4.47. The highest BCUT2D eigenvalue weighted by molar-refractivity contribution is 7.97. The third-order valence-corrected chi connectivity index (χ3v) is 4.82. The molecule has 2 heterocycles. The number of hydrogen-bond donors (Lipinski definition) is 0. The van der Waals surface area contributed by atoms with Crippen LogP contribution in [0.1, 0.15) is 15.3 Å². The molecule has 0 N–H and O–H groups in total. The van der Waals surface area contributed by atoms with Crippen LogP contribution in [0.5, 0.6) is 0 Å². The van der Waals surface area contributed by atoms with Gasteiger partial charge in [0.05, 0.1) is 0 Å². The van der Waals surface area contributed by atoms with Crippen LogP contribution in [0.25, 0.3) is 0 Å². The number of aromatic nitrogens is 1. The summed E-state index contributed by atoms with van der Waals surface area (Å²) in [5.74, 6) is 0. The fourth-order valence-electron chi connectivity index (χ4n) is 1.95. The molecule has 2 aromatic heterocycles. The van der Waals surface area contributed by atoms with Gasteiger partial charge in [-0.05, 0) is 60.8 Å². The zero-order valence-corrected chi connectivity index (χ0v) is 12.4. The highest BCUT2D eigenvalue weighted by Crippen LogP contribution is 2.23. The molecule has 0 spiro atoms. The SMILES string of the molecule is Cc1ccc(Cc2ccc(Sn3cccc3)cc2)s1. The first-order valence-corrected chi connectivity index (χ1v) is 7.84. The van der Waals surface area contributed by atoms with Gasteiger partial charge in [0.1, 0.15) is 0 Å². The Hall–Kier alpha value is -1.45. The van der Waals surface area contributed by atoms with E-state index in [2.05, 4.69) is 59.7 Å². The van der Waals surface area contributed by atoms with Gasteiger partial charge in [-0.25, -0.2) is 0 Å². The molecule has 3 aromatic rings. The lowest BCUT2D eigenvalue weighted by molar-refractivity contribution is 1.21. The Morgan fingerprint density at radius 1 is 1.00 bits per heavy atom. The van der Waals surface area contributed by atoms with Crippen LogP contribution in [0.2, 0.25) is 0 Å². The van der Waals surface area contributed by atoms with Crippen LogP contribution in [0.15, 0.2) is 65.8 Å². The number of rotatable bonds is 4. The van der Waals surface area contributed by atoms with Crippen molar-refractivity contribution in [3.63, 3.8) is 0 Å². The molecule has 0 radical (unpaired) electrons. The second-order valence-corrected chi connectivity index (χ2v) is 6.92. The smallest absolute Gasteiger partial charge is 0.0290 e. The fourth-order valence-corrected chi connectivity index (χ4v) is 3.64. The van der Waals surface area contributed by atoms with Crippen molar-refractivity contribution in [1.29, 1.82) is 0 Å². The molecule has 0 unspecified atom stereocenters. The maximum atomic E-state index is 2.22. The van der Waals surface area contributed by atoms with E-state index in [1.807, 2.05) is 23.5 Å². The van der Waals surface area contributed by atoms with Crippen molar-refractivity contribution in [2.24, 2.45) is 0 Å². The van der Waals surface area contributed by atoms with Crippen LogP contribution in [0, 0.1) is 6.92 Å². The van der Waals surface area contributed by atoms with Crippen molar-refractivity contribution in [3.8, 4) is 0 Å². The van der Waals surface area contributed by atoms with Gasteiger partial charge in [0.15, 0.2) is 0 Å². The molecule has 0 saturated carbocycles. The van der Waals surface area contributed by atoms with Gasteiger partial charge in [0.2, 0.25) is 0 Å². The lowest BCUT2D eigenvalue weighted by Crippen LogP contribution is -1.85. The largest absolute Gasteiger partial charge is 0.295 e. The molecule has 0 bridgehead atoms. The number of thiophene rings is 1. The van der Waals surface area contributed by atoms with Gasteiger partial charge in [-0.3, -0.25) is 3.97 Å². The van der Waals surface area contributed by atoms with Crippen LogP contribution >= 0.6 is 23.3 Å². The minimum absolute atomic E-state index is 1.03. The number of hydrogen-bond acceptors (Lipinski definition) is 2. The molecule has 1 nitrogen and oxygen atoms in total. The zero-order valence-electron chi connectivity index (χ0n) is 10.7. The van der Waals surface area contributed by atoms with Crippen molar-refractivity contribution in [1.82, 2.24) is 3.97 Å². The Balaban J connectivity index is 1.68. The van der Waals surface area contributed by atoms with E-state index in [4.69, 9.17) is 0 Å². The molecule has 19 heavy (non-hydrogen) atoms. The molecule has 3 rings (SSSR count). The number of aryl methyl sites for hydroxylation is 1. The predicted octanol–water partition coefficient (Wildman–Crippen LogP) is 5.00. The molecule has 0 atom stereocenters. The summed E-state index contributed by atoms with van der Waals surface area (Å²) in [6.07, 6.45) is 5.16. The van der Waals surface area contributed by atoms with Crippen molar-refractivity contribution in [3.05, 3.63) is 76.2 Å². The first-order chi connectivity index (χ1) is 9.29. The van der Waals surface area contributed by atoms with Crippen LogP contribution in [0.4, 0.5) is 0 Å². The standard InChI is InChI=1S/C16H15NS2/c1-13-4-7-16(18-13)12-14-5-8-15(9-6-14)19-17-10-2-3-11-17/h2-11H,12H2,1H3. The van der Waals surface area contributed by atoms with Crippen LogP contribution < -0.4 is 0 Å². The average molecular weight is 285 g/mol. The summed E-state index contributed by atoms with van der Waals surface area (Å²) < 4.78 is 2.11. The van der Waals surface area contributed by atoms with E-state index in [0.29, 0.717) is 0 Å². The monoisotopic (exact) mass is 285 g/mol. The maximum Gasteiger partial charge on any atom is 0.0290 e. The third kappa shape index (κ3) is 3.31. The summed E-state index contributed by atoms with van der Waals surface area (Å²) in [6, 6.07) is 17.3. The lowest BCUT2D eigenvalue weighted by atomic mass is 10.1. The Bertz CT molecular complexity index is 636. The Morgan fingerprint density at radius 3 is 2.37 bits per heavy atom. The second kappa shape index (κ2) is 5.68. The minimum atomic E-state index is 1.03. The Morgan fingerprint density at radius 2 is 1.74 bits per heavy atom. The molecule has 0 saturated heterocycles. The molecule has 3 heteroatoms. The van der Waals surface area contributed by atoms with Gasteiger partial charge in [-0.2, -0.15) is 0 Å². The van der Waals surface area contributed by atoms with Gasteiger partial charge in [-0.15, -0.1) is 11.3 Å². The molecular weight excluding hydrogens is 270 g/mol. The highest BCUT2D eigenvalue weighted by atomic mass is 32.2. The Labute approximate surface area is 122 Å². The molecular formula is C16H15NS2. The van der Waals surface area contributed by atoms with E-state index < -0.39 is 0 Å². The number of nitrogens with zero attached hydrogens (tertiary/aromatic N) is 1. The van der Waals surface area contributed by atoms with Crippen LogP contribution in [-0.2, 0) is 6.42 Å². The van der Waals surface area contributed by atoms with Crippen molar-refractivity contribution in [2.75, 3.05) is 0 Å². The van der Waals surface area contributed by atoms with Gasteiger partial charge in [0.25, 0.3) is 0 Å². The first kappa shape index (κ1) is 12.6. The van der Waals surface area contributed by atoms with E-state index in [1.54, 1.807) is 11.9 Å². The van der Waals surface area contributed by atoms with E-state index in [-0.39, 0.29) is 0 Å². The molecule has 0 fully saturated rings. The van der Waals surface area contributed by atoms with Crippen LogP contribution in [-0.4, -0.2) is 3.97 Å².